The van der Waals surface area contributed by atoms with E-state index < -0.39 is 11.9 Å². The lowest BCUT2D eigenvalue weighted by Crippen LogP contribution is -2.06. The standard InChI is InChI=1S/C11H9Cl2NO2/c1-5(11(15)16)7-4-14-10-3-9(13)8(12)2-6(7)10/h2-5,14H,1H3,(H,15,16). The summed E-state index contributed by atoms with van der Waals surface area (Å²) in [7, 11) is 0. The maximum absolute atomic E-state index is 10.9. The molecule has 0 aliphatic rings. The van der Waals surface area contributed by atoms with Crippen LogP contribution in [0.15, 0.2) is 18.3 Å². The second-order valence-corrected chi connectivity index (χ2v) is 4.43. The molecule has 1 unspecified atom stereocenters. The van der Waals surface area contributed by atoms with Crippen molar-refractivity contribution in [3.05, 3.63) is 33.9 Å². The number of carboxylic acid groups (broad SMARTS) is 1. The predicted octanol–water partition coefficient (Wildman–Crippen LogP) is 3.66. The van der Waals surface area contributed by atoms with Gasteiger partial charge in [-0.05, 0) is 24.6 Å². The number of H-pyrrole nitrogens is 1. The van der Waals surface area contributed by atoms with Crippen molar-refractivity contribution in [2.45, 2.75) is 12.8 Å². The molecule has 5 heteroatoms. The molecule has 1 aromatic carbocycles. The average Bonchev–Trinajstić information content (AvgIpc) is 2.60. The number of nitrogens with one attached hydrogen (secondary N) is 1. The summed E-state index contributed by atoms with van der Waals surface area (Å²) in [5, 5.41) is 10.6. The van der Waals surface area contributed by atoms with Crippen LogP contribution in [-0.4, -0.2) is 16.1 Å². The Labute approximate surface area is 102 Å². The van der Waals surface area contributed by atoms with Crippen molar-refractivity contribution in [3.8, 4) is 0 Å². The minimum Gasteiger partial charge on any atom is -0.481 e. The number of aromatic nitrogens is 1. The molecule has 16 heavy (non-hydrogen) atoms. The van der Waals surface area contributed by atoms with E-state index in [1.807, 2.05) is 0 Å². The van der Waals surface area contributed by atoms with Gasteiger partial charge in [0.25, 0.3) is 0 Å². The number of aromatic amines is 1. The summed E-state index contributed by atoms with van der Waals surface area (Å²) in [4.78, 5) is 13.9. The third-order valence-corrected chi connectivity index (χ3v) is 3.31. The molecule has 0 aliphatic heterocycles. The number of carbonyl (C=O) groups is 1. The van der Waals surface area contributed by atoms with Crippen molar-refractivity contribution < 1.29 is 9.90 Å². The summed E-state index contributed by atoms with van der Waals surface area (Å²) >= 11 is 11.8. The Kier molecular flexibility index (Phi) is 2.82. The van der Waals surface area contributed by atoms with E-state index in [1.54, 1.807) is 25.3 Å². The van der Waals surface area contributed by atoms with Crippen molar-refractivity contribution >= 4 is 40.1 Å². The van der Waals surface area contributed by atoms with Crippen LogP contribution in [0.4, 0.5) is 0 Å². The molecule has 0 aliphatic carbocycles. The summed E-state index contributed by atoms with van der Waals surface area (Å²) in [5.41, 5.74) is 1.50. The van der Waals surface area contributed by atoms with E-state index in [4.69, 9.17) is 28.3 Å². The molecular formula is C11H9Cl2NO2. The minimum atomic E-state index is -0.869. The smallest absolute Gasteiger partial charge is 0.310 e. The molecule has 3 nitrogen and oxygen atoms in total. The zero-order valence-electron chi connectivity index (χ0n) is 8.42. The molecule has 2 rings (SSSR count). The van der Waals surface area contributed by atoms with Crippen LogP contribution in [0.5, 0.6) is 0 Å². The first-order valence-electron chi connectivity index (χ1n) is 4.69. The van der Waals surface area contributed by atoms with Gasteiger partial charge in [0.15, 0.2) is 0 Å². The predicted molar refractivity (Wildman–Crippen MR) is 64.4 cm³/mol. The fourth-order valence-corrected chi connectivity index (χ4v) is 1.96. The SMILES string of the molecule is CC(C(=O)O)c1c[nH]c2cc(Cl)c(Cl)cc12. The van der Waals surface area contributed by atoms with E-state index in [-0.39, 0.29) is 0 Å². The lowest BCUT2D eigenvalue weighted by molar-refractivity contribution is -0.138. The molecule has 0 saturated carbocycles. The third-order valence-electron chi connectivity index (χ3n) is 2.59. The Balaban J connectivity index is 2.65. The molecular weight excluding hydrogens is 249 g/mol. The van der Waals surface area contributed by atoms with Gasteiger partial charge in [-0.3, -0.25) is 4.79 Å². The minimum absolute atomic E-state index is 0.424. The number of halogens is 2. The molecule has 84 valence electrons. The zero-order valence-corrected chi connectivity index (χ0v) is 9.93. The van der Waals surface area contributed by atoms with Gasteiger partial charge >= 0.3 is 5.97 Å². The molecule has 1 atom stereocenters. The summed E-state index contributed by atoms with van der Waals surface area (Å²) in [6.45, 7) is 1.63. The first kappa shape index (κ1) is 11.3. The third kappa shape index (κ3) is 1.77. The highest BCUT2D eigenvalue weighted by Crippen LogP contribution is 2.32. The molecule has 0 radical (unpaired) electrons. The van der Waals surface area contributed by atoms with Gasteiger partial charge in [-0.15, -0.1) is 0 Å². The summed E-state index contributed by atoms with van der Waals surface area (Å²) in [6, 6.07) is 3.38. The van der Waals surface area contributed by atoms with Crippen molar-refractivity contribution in [2.24, 2.45) is 0 Å². The Morgan fingerprint density at radius 2 is 2.00 bits per heavy atom. The topological polar surface area (TPSA) is 53.1 Å². The van der Waals surface area contributed by atoms with E-state index in [1.165, 1.54) is 0 Å². The van der Waals surface area contributed by atoms with E-state index >= 15 is 0 Å². The number of rotatable bonds is 2. The van der Waals surface area contributed by atoms with Gasteiger partial charge in [0, 0.05) is 17.1 Å². The molecule has 0 fully saturated rings. The van der Waals surface area contributed by atoms with Gasteiger partial charge in [0.1, 0.15) is 0 Å². The summed E-state index contributed by atoms with van der Waals surface area (Å²) < 4.78 is 0. The fourth-order valence-electron chi connectivity index (χ4n) is 1.63. The molecule has 2 aromatic rings. The lowest BCUT2D eigenvalue weighted by atomic mass is 10.0. The number of benzene rings is 1. The molecule has 1 heterocycles. The Morgan fingerprint density at radius 1 is 1.38 bits per heavy atom. The summed E-state index contributed by atoms with van der Waals surface area (Å²) in [6.07, 6.45) is 1.68. The van der Waals surface area contributed by atoms with Crippen LogP contribution < -0.4 is 0 Å². The van der Waals surface area contributed by atoms with Crippen molar-refractivity contribution in [1.29, 1.82) is 0 Å². The first-order valence-corrected chi connectivity index (χ1v) is 5.45. The van der Waals surface area contributed by atoms with E-state index in [2.05, 4.69) is 4.98 Å². The van der Waals surface area contributed by atoms with Crippen LogP contribution in [0.2, 0.25) is 10.0 Å². The van der Waals surface area contributed by atoms with Gasteiger partial charge in [0.05, 0.1) is 16.0 Å². The van der Waals surface area contributed by atoms with Crippen LogP contribution in [0.1, 0.15) is 18.4 Å². The largest absolute Gasteiger partial charge is 0.481 e. The quantitative estimate of drug-likeness (QED) is 0.863. The first-order chi connectivity index (χ1) is 7.50. The molecule has 0 amide bonds. The van der Waals surface area contributed by atoms with E-state index in [0.29, 0.717) is 15.6 Å². The van der Waals surface area contributed by atoms with Crippen LogP contribution in [0.25, 0.3) is 10.9 Å². The molecule has 0 saturated heterocycles. The highest BCUT2D eigenvalue weighted by atomic mass is 35.5. The van der Waals surface area contributed by atoms with Gasteiger partial charge in [-0.1, -0.05) is 23.2 Å². The Hall–Kier alpha value is -1.19. The number of hydrogen-bond donors (Lipinski definition) is 2. The fraction of sp³-hybridized carbons (Fsp3) is 0.182. The van der Waals surface area contributed by atoms with Crippen molar-refractivity contribution in [2.75, 3.05) is 0 Å². The highest BCUT2D eigenvalue weighted by molar-refractivity contribution is 6.42. The van der Waals surface area contributed by atoms with Crippen LogP contribution in [0.3, 0.4) is 0 Å². The van der Waals surface area contributed by atoms with Crippen LogP contribution in [0, 0.1) is 0 Å². The monoisotopic (exact) mass is 257 g/mol. The number of hydrogen-bond acceptors (Lipinski definition) is 1. The van der Waals surface area contributed by atoms with E-state index in [0.717, 1.165) is 10.9 Å². The lowest BCUT2D eigenvalue weighted by Gasteiger charge is -2.04. The van der Waals surface area contributed by atoms with Gasteiger partial charge in [0.2, 0.25) is 0 Å². The highest BCUT2D eigenvalue weighted by Gasteiger charge is 2.18. The summed E-state index contributed by atoms with van der Waals surface area (Å²) in [5.74, 6) is -1.45. The molecule has 0 bridgehead atoms. The van der Waals surface area contributed by atoms with Gasteiger partial charge in [-0.2, -0.15) is 0 Å². The second-order valence-electron chi connectivity index (χ2n) is 3.62. The average molecular weight is 258 g/mol. The Bertz CT molecular complexity index is 562. The Morgan fingerprint density at radius 3 is 2.62 bits per heavy atom. The van der Waals surface area contributed by atoms with Gasteiger partial charge < -0.3 is 10.1 Å². The molecule has 2 N–H and O–H groups in total. The molecule has 0 spiro atoms. The van der Waals surface area contributed by atoms with E-state index in [9.17, 15) is 4.79 Å². The number of aliphatic carboxylic acids is 1. The van der Waals surface area contributed by atoms with Crippen molar-refractivity contribution in [3.63, 3.8) is 0 Å². The molecule has 1 aromatic heterocycles. The van der Waals surface area contributed by atoms with Gasteiger partial charge in [-0.25, -0.2) is 0 Å². The van der Waals surface area contributed by atoms with Crippen LogP contribution in [-0.2, 0) is 4.79 Å². The zero-order chi connectivity index (χ0) is 11.9. The number of carboxylic acids is 1. The maximum atomic E-state index is 10.9. The number of fused-ring (bicyclic) bond motifs is 1. The van der Waals surface area contributed by atoms with Crippen molar-refractivity contribution in [1.82, 2.24) is 4.98 Å². The maximum Gasteiger partial charge on any atom is 0.310 e. The normalized spacial score (nSPS) is 12.9. The van der Waals surface area contributed by atoms with Crippen LogP contribution >= 0.6 is 23.2 Å². The second kappa shape index (κ2) is 4.00.